The van der Waals surface area contributed by atoms with Gasteiger partial charge < -0.3 is 9.73 Å². The molecule has 1 saturated carbocycles. The van der Waals surface area contributed by atoms with Gasteiger partial charge in [-0.05, 0) is 55.3 Å². The predicted octanol–water partition coefficient (Wildman–Crippen LogP) is 4.96. The van der Waals surface area contributed by atoms with E-state index in [-0.39, 0.29) is 5.41 Å². The SMILES string of the molecule is CCc1cc(C(C)(C)C)c2oc(C(NC)C3CC3)cc2c1. The normalized spacial score (nSPS) is 17.4. The summed E-state index contributed by atoms with van der Waals surface area (Å²) in [7, 11) is 2.04. The third-order valence-corrected chi connectivity index (χ3v) is 4.62. The van der Waals surface area contributed by atoms with Crippen molar-refractivity contribution in [3.8, 4) is 0 Å². The molecular formula is C19H27NO. The molecule has 1 aromatic heterocycles. The Hall–Kier alpha value is -1.28. The number of rotatable bonds is 4. The van der Waals surface area contributed by atoms with Gasteiger partial charge in [-0.3, -0.25) is 0 Å². The van der Waals surface area contributed by atoms with Crippen LogP contribution in [0.2, 0.25) is 0 Å². The van der Waals surface area contributed by atoms with Crippen LogP contribution in [-0.4, -0.2) is 7.05 Å². The molecule has 2 nitrogen and oxygen atoms in total. The molecule has 0 spiro atoms. The van der Waals surface area contributed by atoms with Gasteiger partial charge in [0.15, 0.2) is 0 Å². The smallest absolute Gasteiger partial charge is 0.138 e. The Bertz CT molecular complexity index is 643. The van der Waals surface area contributed by atoms with Crippen molar-refractivity contribution in [3.05, 3.63) is 35.1 Å². The molecule has 1 unspecified atom stereocenters. The number of fused-ring (bicyclic) bond motifs is 1. The summed E-state index contributed by atoms with van der Waals surface area (Å²) in [5.74, 6) is 1.85. The summed E-state index contributed by atoms with van der Waals surface area (Å²) in [4.78, 5) is 0. The summed E-state index contributed by atoms with van der Waals surface area (Å²) < 4.78 is 6.32. The van der Waals surface area contributed by atoms with Crippen molar-refractivity contribution in [1.82, 2.24) is 5.32 Å². The van der Waals surface area contributed by atoms with Crippen LogP contribution in [0, 0.1) is 5.92 Å². The third kappa shape index (κ3) is 2.74. The van der Waals surface area contributed by atoms with Crippen LogP contribution in [0.4, 0.5) is 0 Å². The minimum absolute atomic E-state index is 0.104. The van der Waals surface area contributed by atoms with Crippen molar-refractivity contribution in [2.75, 3.05) is 7.05 Å². The first-order valence-corrected chi connectivity index (χ1v) is 8.18. The molecule has 114 valence electrons. The fraction of sp³-hybridized carbons (Fsp3) is 0.579. The van der Waals surface area contributed by atoms with E-state index in [0.717, 1.165) is 23.7 Å². The Labute approximate surface area is 127 Å². The summed E-state index contributed by atoms with van der Waals surface area (Å²) in [6, 6.07) is 7.23. The van der Waals surface area contributed by atoms with Crippen molar-refractivity contribution >= 4 is 11.0 Å². The summed E-state index contributed by atoms with van der Waals surface area (Å²) in [5.41, 5.74) is 3.91. The molecule has 2 aromatic rings. The molecule has 0 radical (unpaired) electrons. The molecule has 1 aromatic carbocycles. The second-order valence-electron chi connectivity index (χ2n) is 7.42. The first-order valence-electron chi connectivity index (χ1n) is 8.18. The molecule has 1 atom stereocenters. The van der Waals surface area contributed by atoms with E-state index in [9.17, 15) is 0 Å². The monoisotopic (exact) mass is 285 g/mol. The average Bonchev–Trinajstić information content (AvgIpc) is 3.16. The molecule has 21 heavy (non-hydrogen) atoms. The molecule has 1 heterocycles. The topological polar surface area (TPSA) is 25.2 Å². The number of nitrogens with one attached hydrogen (secondary N) is 1. The van der Waals surface area contributed by atoms with Crippen molar-refractivity contribution in [3.63, 3.8) is 0 Å². The lowest BCUT2D eigenvalue weighted by atomic mass is 9.85. The van der Waals surface area contributed by atoms with Crippen molar-refractivity contribution in [2.45, 2.75) is 58.4 Å². The quantitative estimate of drug-likeness (QED) is 0.858. The largest absolute Gasteiger partial charge is 0.459 e. The summed E-state index contributed by atoms with van der Waals surface area (Å²) in [6.45, 7) is 9.01. The maximum Gasteiger partial charge on any atom is 0.138 e. The van der Waals surface area contributed by atoms with Crippen LogP contribution in [0.3, 0.4) is 0 Å². The second kappa shape index (κ2) is 5.17. The molecule has 0 aliphatic heterocycles. The number of furan rings is 1. The van der Waals surface area contributed by atoms with Crippen molar-refractivity contribution < 1.29 is 4.42 Å². The van der Waals surface area contributed by atoms with Gasteiger partial charge in [-0.1, -0.05) is 33.8 Å². The van der Waals surface area contributed by atoms with E-state index in [1.54, 1.807) is 0 Å². The predicted molar refractivity (Wildman–Crippen MR) is 88.8 cm³/mol. The average molecular weight is 285 g/mol. The Kier molecular flexibility index (Phi) is 3.61. The van der Waals surface area contributed by atoms with E-state index in [2.05, 4.69) is 51.2 Å². The molecule has 0 saturated heterocycles. The molecule has 1 N–H and O–H groups in total. The van der Waals surface area contributed by atoms with E-state index in [0.29, 0.717) is 6.04 Å². The highest BCUT2D eigenvalue weighted by molar-refractivity contribution is 5.83. The van der Waals surface area contributed by atoms with Crippen molar-refractivity contribution in [1.29, 1.82) is 0 Å². The van der Waals surface area contributed by atoms with Crippen LogP contribution in [0.15, 0.2) is 22.6 Å². The molecule has 1 fully saturated rings. The van der Waals surface area contributed by atoms with Crippen molar-refractivity contribution in [2.24, 2.45) is 5.92 Å². The highest BCUT2D eigenvalue weighted by Gasteiger charge is 2.34. The fourth-order valence-electron chi connectivity index (χ4n) is 3.19. The zero-order valence-corrected chi connectivity index (χ0v) is 13.9. The van der Waals surface area contributed by atoms with Gasteiger partial charge in [-0.2, -0.15) is 0 Å². The maximum atomic E-state index is 6.32. The standard InChI is InChI=1S/C19H27NO/c1-6-12-9-14-11-16(17(20-5)13-7-8-13)21-18(14)15(10-12)19(2,3)4/h9-11,13,17,20H,6-8H2,1-5H3. The van der Waals surface area contributed by atoms with Gasteiger partial charge >= 0.3 is 0 Å². The van der Waals surface area contributed by atoms with Gasteiger partial charge in [0.1, 0.15) is 11.3 Å². The second-order valence-corrected chi connectivity index (χ2v) is 7.42. The molecule has 0 bridgehead atoms. The Morgan fingerprint density at radius 3 is 2.48 bits per heavy atom. The van der Waals surface area contributed by atoms with E-state index in [1.807, 2.05) is 7.05 Å². The highest BCUT2D eigenvalue weighted by Crippen LogP contribution is 2.43. The first kappa shape index (κ1) is 14.6. The number of aryl methyl sites for hydroxylation is 1. The molecular weight excluding hydrogens is 258 g/mol. The van der Waals surface area contributed by atoms with Crippen LogP contribution >= 0.6 is 0 Å². The lowest BCUT2D eigenvalue weighted by Gasteiger charge is -2.20. The van der Waals surface area contributed by atoms with Crippen LogP contribution in [0.25, 0.3) is 11.0 Å². The van der Waals surface area contributed by atoms with Crippen LogP contribution in [0.1, 0.15) is 63.5 Å². The van der Waals surface area contributed by atoms with E-state index in [4.69, 9.17) is 4.42 Å². The zero-order valence-electron chi connectivity index (χ0n) is 13.9. The Morgan fingerprint density at radius 1 is 1.24 bits per heavy atom. The molecule has 2 heteroatoms. The Morgan fingerprint density at radius 2 is 1.95 bits per heavy atom. The number of benzene rings is 1. The molecule has 1 aliphatic rings. The maximum absolute atomic E-state index is 6.32. The van der Waals surface area contributed by atoms with Gasteiger partial charge in [0.2, 0.25) is 0 Å². The molecule has 1 aliphatic carbocycles. The van der Waals surface area contributed by atoms with E-state index in [1.165, 1.54) is 29.4 Å². The summed E-state index contributed by atoms with van der Waals surface area (Å²) in [5, 5.41) is 4.69. The molecule has 3 rings (SSSR count). The number of hydrogen-bond donors (Lipinski definition) is 1. The van der Waals surface area contributed by atoms with Gasteiger partial charge in [0.25, 0.3) is 0 Å². The van der Waals surface area contributed by atoms with Gasteiger partial charge in [0.05, 0.1) is 6.04 Å². The van der Waals surface area contributed by atoms with Crippen LogP contribution < -0.4 is 5.32 Å². The highest BCUT2D eigenvalue weighted by atomic mass is 16.3. The van der Waals surface area contributed by atoms with Crippen LogP contribution in [-0.2, 0) is 11.8 Å². The third-order valence-electron chi connectivity index (χ3n) is 4.62. The lowest BCUT2D eigenvalue weighted by molar-refractivity contribution is 0.416. The molecule has 0 amide bonds. The first-order chi connectivity index (χ1) is 9.94. The number of hydrogen-bond acceptors (Lipinski definition) is 2. The minimum Gasteiger partial charge on any atom is -0.459 e. The van der Waals surface area contributed by atoms with E-state index >= 15 is 0 Å². The Balaban J connectivity index is 2.15. The fourth-order valence-corrected chi connectivity index (χ4v) is 3.19. The summed E-state index contributed by atoms with van der Waals surface area (Å²) in [6.07, 6.45) is 3.70. The van der Waals surface area contributed by atoms with Gasteiger partial charge in [0, 0.05) is 10.9 Å². The summed E-state index contributed by atoms with van der Waals surface area (Å²) >= 11 is 0. The minimum atomic E-state index is 0.104. The zero-order chi connectivity index (χ0) is 15.2. The van der Waals surface area contributed by atoms with Gasteiger partial charge in [-0.25, -0.2) is 0 Å². The van der Waals surface area contributed by atoms with Gasteiger partial charge in [-0.15, -0.1) is 0 Å². The van der Waals surface area contributed by atoms with Crippen LogP contribution in [0.5, 0.6) is 0 Å². The van der Waals surface area contributed by atoms with E-state index < -0.39 is 0 Å². The lowest BCUT2D eigenvalue weighted by Crippen LogP contribution is -2.17.